The number of hydrogen-bond acceptors (Lipinski definition) is 3. The van der Waals surface area contributed by atoms with Crippen molar-refractivity contribution in [3.63, 3.8) is 0 Å². The molecule has 0 aliphatic rings. The van der Waals surface area contributed by atoms with Crippen LogP contribution in [0.1, 0.15) is 11.1 Å². The minimum atomic E-state index is 0.679. The maximum Gasteiger partial charge on any atom is 0.160 e. The lowest BCUT2D eigenvalue weighted by atomic mass is 9.91. The van der Waals surface area contributed by atoms with Crippen LogP contribution in [0.15, 0.2) is 158 Å². The van der Waals surface area contributed by atoms with Crippen molar-refractivity contribution in [2.45, 2.75) is 6.92 Å². The largest absolute Gasteiger partial charge is 0.256 e. The number of aromatic nitrogens is 3. The van der Waals surface area contributed by atoms with Gasteiger partial charge in [0.25, 0.3) is 0 Å². The molecule has 8 aromatic rings. The van der Waals surface area contributed by atoms with Gasteiger partial charge in [-0.1, -0.05) is 128 Å². The zero-order valence-electron chi connectivity index (χ0n) is 26.1. The number of nitrogens with zero attached hydrogens (tertiary/aromatic N) is 3. The Labute approximate surface area is 274 Å². The lowest BCUT2D eigenvalue weighted by molar-refractivity contribution is 1.18. The van der Waals surface area contributed by atoms with Crippen molar-refractivity contribution in [3.8, 4) is 45.2 Å². The molecule has 0 saturated heterocycles. The summed E-state index contributed by atoms with van der Waals surface area (Å²) in [5, 5.41) is 7.15. The molecule has 3 heteroatoms. The Bertz CT molecular complexity index is 2480. The van der Waals surface area contributed by atoms with Gasteiger partial charge in [-0.15, -0.1) is 0 Å². The third-order valence-corrected chi connectivity index (χ3v) is 8.91. The summed E-state index contributed by atoms with van der Waals surface area (Å²) in [5.41, 5.74) is 9.18. The van der Waals surface area contributed by atoms with Crippen molar-refractivity contribution < 1.29 is 0 Å². The second-order valence-corrected chi connectivity index (χ2v) is 11.7. The molecule has 0 spiro atoms. The molecule has 0 aliphatic heterocycles. The summed E-state index contributed by atoms with van der Waals surface area (Å²) < 4.78 is 0. The molecule has 47 heavy (non-hydrogen) atoms. The van der Waals surface area contributed by atoms with Crippen LogP contribution in [0.3, 0.4) is 0 Å². The van der Waals surface area contributed by atoms with Crippen molar-refractivity contribution >= 4 is 38.4 Å². The fourth-order valence-corrected chi connectivity index (χ4v) is 6.57. The van der Waals surface area contributed by atoms with Crippen LogP contribution in [0, 0.1) is 6.92 Å². The van der Waals surface area contributed by atoms with E-state index in [1.165, 1.54) is 21.5 Å². The SMILES string of the molecule is C=C/C=C\c1c(C)c(-c2cc(-c3cc4ccccc4c4ccccc34)nc(-c3ccc(-c4ccccn4)cc3)n2)cc2ccccc12. The molecule has 3 nitrogen and oxygen atoms in total. The summed E-state index contributed by atoms with van der Waals surface area (Å²) in [6, 6.07) is 46.7. The predicted octanol–water partition coefficient (Wildman–Crippen LogP) is 11.5. The molecule has 2 aromatic heterocycles. The first-order valence-electron chi connectivity index (χ1n) is 15.8. The Morgan fingerprint density at radius 2 is 1.13 bits per heavy atom. The lowest BCUT2D eigenvalue weighted by Crippen LogP contribution is -1.99. The van der Waals surface area contributed by atoms with E-state index in [9.17, 15) is 0 Å². The van der Waals surface area contributed by atoms with E-state index in [0.717, 1.165) is 61.2 Å². The molecule has 0 amide bonds. The monoisotopic (exact) mass is 601 g/mol. The van der Waals surface area contributed by atoms with Crippen molar-refractivity contribution in [1.82, 2.24) is 15.0 Å². The van der Waals surface area contributed by atoms with E-state index in [-0.39, 0.29) is 0 Å². The highest BCUT2D eigenvalue weighted by Gasteiger charge is 2.17. The summed E-state index contributed by atoms with van der Waals surface area (Å²) in [7, 11) is 0. The van der Waals surface area contributed by atoms with Gasteiger partial charge in [-0.3, -0.25) is 4.98 Å². The van der Waals surface area contributed by atoms with E-state index in [2.05, 4.69) is 140 Å². The van der Waals surface area contributed by atoms with Crippen molar-refractivity contribution in [3.05, 3.63) is 170 Å². The van der Waals surface area contributed by atoms with Crippen LogP contribution in [0.25, 0.3) is 83.6 Å². The molecule has 0 N–H and O–H groups in total. The first kappa shape index (κ1) is 28.3. The summed E-state index contributed by atoms with van der Waals surface area (Å²) >= 11 is 0. The maximum absolute atomic E-state index is 5.27. The normalized spacial score (nSPS) is 11.5. The molecular weight excluding hydrogens is 571 g/mol. The average molecular weight is 602 g/mol. The second-order valence-electron chi connectivity index (χ2n) is 11.7. The Balaban J connectivity index is 1.39. The van der Waals surface area contributed by atoms with Crippen LogP contribution < -0.4 is 0 Å². The first-order valence-corrected chi connectivity index (χ1v) is 15.8. The second kappa shape index (κ2) is 12.0. The van der Waals surface area contributed by atoms with E-state index in [0.29, 0.717) is 5.82 Å². The van der Waals surface area contributed by atoms with Crippen LogP contribution in [-0.4, -0.2) is 15.0 Å². The van der Waals surface area contributed by atoms with Crippen LogP contribution in [0.5, 0.6) is 0 Å². The van der Waals surface area contributed by atoms with Gasteiger partial charge in [-0.2, -0.15) is 0 Å². The minimum absolute atomic E-state index is 0.679. The zero-order valence-corrected chi connectivity index (χ0v) is 26.1. The molecule has 0 atom stereocenters. The number of rotatable bonds is 6. The molecule has 0 radical (unpaired) electrons. The summed E-state index contributed by atoms with van der Waals surface area (Å²) in [6.07, 6.45) is 7.78. The van der Waals surface area contributed by atoms with Crippen molar-refractivity contribution in [1.29, 1.82) is 0 Å². The lowest BCUT2D eigenvalue weighted by Gasteiger charge is -2.16. The third-order valence-electron chi connectivity index (χ3n) is 8.91. The zero-order chi connectivity index (χ0) is 31.7. The fraction of sp³-hybridized carbons (Fsp3) is 0.0227. The molecule has 2 heterocycles. The Hall–Kier alpha value is -6.19. The third kappa shape index (κ3) is 5.18. The van der Waals surface area contributed by atoms with Crippen LogP contribution in [0.4, 0.5) is 0 Å². The van der Waals surface area contributed by atoms with E-state index >= 15 is 0 Å². The highest BCUT2D eigenvalue weighted by Crippen LogP contribution is 2.38. The highest BCUT2D eigenvalue weighted by molar-refractivity contribution is 6.13. The van der Waals surface area contributed by atoms with Gasteiger partial charge in [-0.25, -0.2) is 9.97 Å². The maximum atomic E-state index is 5.27. The number of allylic oxidation sites excluding steroid dienone is 2. The summed E-state index contributed by atoms with van der Waals surface area (Å²) in [5.74, 6) is 0.679. The van der Waals surface area contributed by atoms with Gasteiger partial charge in [-0.05, 0) is 80.7 Å². The van der Waals surface area contributed by atoms with Crippen molar-refractivity contribution in [2.75, 3.05) is 0 Å². The predicted molar refractivity (Wildman–Crippen MR) is 198 cm³/mol. The quantitative estimate of drug-likeness (QED) is 0.141. The molecule has 0 aliphatic carbocycles. The van der Waals surface area contributed by atoms with Crippen LogP contribution in [0.2, 0.25) is 0 Å². The Morgan fingerprint density at radius 1 is 0.532 bits per heavy atom. The molecular formula is C44H31N3. The smallest absolute Gasteiger partial charge is 0.160 e. The molecule has 8 rings (SSSR count). The molecule has 0 unspecified atom stereocenters. The number of hydrogen-bond donors (Lipinski definition) is 0. The highest BCUT2D eigenvalue weighted by atomic mass is 14.9. The topological polar surface area (TPSA) is 38.7 Å². The van der Waals surface area contributed by atoms with E-state index in [1.807, 2.05) is 36.5 Å². The van der Waals surface area contributed by atoms with Gasteiger partial charge in [0, 0.05) is 28.5 Å². The van der Waals surface area contributed by atoms with Gasteiger partial charge < -0.3 is 0 Å². The van der Waals surface area contributed by atoms with E-state index in [1.54, 1.807) is 0 Å². The molecule has 0 fully saturated rings. The van der Waals surface area contributed by atoms with Gasteiger partial charge in [0.05, 0.1) is 17.1 Å². The Kier molecular flexibility index (Phi) is 7.20. The van der Waals surface area contributed by atoms with Gasteiger partial charge in [0.1, 0.15) is 0 Å². The van der Waals surface area contributed by atoms with Gasteiger partial charge >= 0.3 is 0 Å². The van der Waals surface area contributed by atoms with Gasteiger partial charge in [0.2, 0.25) is 0 Å². The van der Waals surface area contributed by atoms with Crippen LogP contribution >= 0.6 is 0 Å². The van der Waals surface area contributed by atoms with E-state index in [4.69, 9.17) is 9.97 Å². The molecule has 222 valence electrons. The molecule has 0 bridgehead atoms. The fourth-order valence-electron chi connectivity index (χ4n) is 6.57. The van der Waals surface area contributed by atoms with Gasteiger partial charge in [0.15, 0.2) is 5.82 Å². The molecule has 6 aromatic carbocycles. The molecule has 0 saturated carbocycles. The standard InChI is InChI=1S/C44H31N3/c1-3-4-15-34-29(2)39(26-32-13-5-7-16-35(32)34)42-28-43(40-27-33-14-6-8-17-36(33)37-18-9-10-19-38(37)40)47-44(46-42)31-23-21-30(22-24-31)41-20-11-12-25-45-41/h3-28H,1H2,2H3/b15-4-. The van der Waals surface area contributed by atoms with Crippen LogP contribution in [-0.2, 0) is 0 Å². The van der Waals surface area contributed by atoms with Crippen molar-refractivity contribution in [2.24, 2.45) is 0 Å². The number of pyridine rings is 1. The number of benzene rings is 6. The summed E-state index contributed by atoms with van der Waals surface area (Å²) in [4.78, 5) is 15.1. The number of fused-ring (bicyclic) bond motifs is 4. The van der Waals surface area contributed by atoms with E-state index < -0.39 is 0 Å². The summed E-state index contributed by atoms with van der Waals surface area (Å²) in [6.45, 7) is 6.10. The Morgan fingerprint density at radius 3 is 1.85 bits per heavy atom. The first-order chi connectivity index (χ1) is 23.2. The average Bonchev–Trinajstić information content (AvgIpc) is 3.14. The minimum Gasteiger partial charge on any atom is -0.256 e.